The number of aliphatic carboxylic acids is 1. The quantitative estimate of drug-likeness (QED) is 0.743. The Labute approximate surface area is 105 Å². The summed E-state index contributed by atoms with van der Waals surface area (Å²) >= 11 is 0. The van der Waals surface area contributed by atoms with E-state index in [4.69, 9.17) is 5.11 Å². The summed E-state index contributed by atoms with van der Waals surface area (Å²) in [6, 6.07) is 3.68. The number of aromatic hydroxyl groups is 1. The van der Waals surface area contributed by atoms with Gasteiger partial charge < -0.3 is 15.5 Å². The molecule has 0 aromatic heterocycles. The molecule has 0 saturated carbocycles. The SMILES string of the molecule is CCCC(NC(=O)c1cc(C)ccc1O)C(=O)O. The van der Waals surface area contributed by atoms with Gasteiger partial charge >= 0.3 is 5.97 Å². The molecule has 0 bridgehead atoms. The number of phenolic OH excluding ortho intramolecular Hbond substituents is 1. The van der Waals surface area contributed by atoms with Gasteiger partial charge in [-0.15, -0.1) is 0 Å². The maximum Gasteiger partial charge on any atom is 0.326 e. The lowest BCUT2D eigenvalue weighted by Crippen LogP contribution is -2.40. The van der Waals surface area contributed by atoms with Gasteiger partial charge in [0.1, 0.15) is 11.8 Å². The Balaban J connectivity index is 2.86. The van der Waals surface area contributed by atoms with Crippen molar-refractivity contribution in [3.8, 4) is 5.75 Å². The molecule has 1 aromatic carbocycles. The zero-order chi connectivity index (χ0) is 13.7. The molecule has 18 heavy (non-hydrogen) atoms. The highest BCUT2D eigenvalue weighted by Gasteiger charge is 2.21. The van der Waals surface area contributed by atoms with Crippen LogP contribution < -0.4 is 5.32 Å². The molecule has 0 aliphatic carbocycles. The Morgan fingerprint density at radius 2 is 2.06 bits per heavy atom. The first-order valence-corrected chi connectivity index (χ1v) is 5.79. The summed E-state index contributed by atoms with van der Waals surface area (Å²) in [5.74, 6) is -1.80. The lowest BCUT2D eigenvalue weighted by Gasteiger charge is -2.14. The average Bonchev–Trinajstić information content (AvgIpc) is 2.31. The third kappa shape index (κ3) is 3.48. The Kier molecular flexibility index (Phi) is 4.71. The van der Waals surface area contributed by atoms with Gasteiger partial charge in [0.15, 0.2) is 0 Å². The van der Waals surface area contributed by atoms with E-state index in [-0.39, 0.29) is 11.3 Å². The number of aryl methyl sites for hydroxylation is 1. The number of carbonyl (C=O) groups is 2. The van der Waals surface area contributed by atoms with Crippen molar-refractivity contribution < 1.29 is 19.8 Å². The highest BCUT2D eigenvalue weighted by molar-refractivity contribution is 5.98. The summed E-state index contributed by atoms with van der Waals surface area (Å²) in [6.45, 7) is 3.63. The van der Waals surface area contributed by atoms with E-state index in [0.29, 0.717) is 12.8 Å². The van der Waals surface area contributed by atoms with E-state index >= 15 is 0 Å². The Morgan fingerprint density at radius 3 is 2.61 bits per heavy atom. The molecule has 5 nitrogen and oxygen atoms in total. The number of carbonyl (C=O) groups excluding carboxylic acids is 1. The fraction of sp³-hybridized carbons (Fsp3) is 0.385. The summed E-state index contributed by atoms with van der Waals surface area (Å²) < 4.78 is 0. The average molecular weight is 251 g/mol. The number of benzene rings is 1. The van der Waals surface area contributed by atoms with Crippen LogP contribution in [-0.2, 0) is 4.79 Å². The van der Waals surface area contributed by atoms with E-state index in [1.165, 1.54) is 12.1 Å². The first-order valence-electron chi connectivity index (χ1n) is 5.79. The van der Waals surface area contributed by atoms with E-state index in [9.17, 15) is 14.7 Å². The summed E-state index contributed by atoms with van der Waals surface area (Å²) in [5, 5.41) is 20.9. The van der Waals surface area contributed by atoms with Crippen molar-refractivity contribution in [2.45, 2.75) is 32.7 Å². The number of carboxylic acid groups (broad SMARTS) is 1. The first kappa shape index (κ1) is 14.0. The summed E-state index contributed by atoms with van der Waals surface area (Å²) in [4.78, 5) is 22.8. The van der Waals surface area contributed by atoms with E-state index in [2.05, 4.69) is 5.32 Å². The number of phenols is 1. The smallest absolute Gasteiger partial charge is 0.326 e. The van der Waals surface area contributed by atoms with Crippen LogP contribution >= 0.6 is 0 Å². The summed E-state index contributed by atoms with van der Waals surface area (Å²) in [6.07, 6.45) is 1.00. The van der Waals surface area contributed by atoms with Crippen LogP contribution in [0.3, 0.4) is 0 Å². The number of carboxylic acids is 1. The standard InChI is InChI=1S/C13H17NO4/c1-3-4-10(13(17)18)14-12(16)9-7-8(2)5-6-11(9)15/h5-7,10,15H,3-4H2,1-2H3,(H,14,16)(H,17,18). The number of hydrogen-bond acceptors (Lipinski definition) is 3. The second-order valence-electron chi connectivity index (χ2n) is 4.17. The molecule has 5 heteroatoms. The second kappa shape index (κ2) is 6.05. The van der Waals surface area contributed by atoms with Crippen molar-refractivity contribution in [2.75, 3.05) is 0 Å². The van der Waals surface area contributed by atoms with Crippen LogP contribution in [0.4, 0.5) is 0 Å². The third-order valence-corrected chi connectivity index (χ3v) is 2.58. The number of nitrogens with one attached hydrogen (secondary N) is 1. The number of amides is 1. The highest BCUT2D eigenvalue weighted by atomic mass is 16.4. The molecule has 0 saturated heterocycles. The Bertz CT molecular complexity index is 456. The highest BCUT2D eigenvalue weighted by Crippen LogP contribution is 2.18. The predicted molar refractivity (Wildman–Crippen MR) is 66.6 cm³/mol. The number of rotatable bonds is 5. The van der Waals surface area contributed by atoms with Gasteiger partial charge in [-0.1, -0.05) is 25.0 Å². The van der Waals surface area contributed by atoms with Crippen LogP contribution in [0.25, 0.3) is 0 Å². The number of hydrogen-bond donors (Lipinski definition) is 3. The lowest BCUT2D eigenvalue weighted by atomic mass is 10.1. The zero-order valence-electron chi connectivity index (χ0n) is 10.4. The van der Waals surface area contributed by atoms with E-state index in [1.54, 1.807) is 13.0 Å². The van der Waals surface area contributed by atoms with Crippen molar-refractivity contribution >= 4 is 11.9 Å². The molecule has 0 aliphatic heterocycles. The van der Waals surface area contributed by atoms with Crippen molar-refractivity contribution in [3.05, 3.63) is 29.3 Å². The van der Waals surface area contributed by atoms with Crippen molar-refractivity contribution in [1.82, 2.24) is 5.32 Å². The van der Waals surface area contributed by atoms with Gasteiger partial charge in [0.05, 0.1) is 5.56 Å². The molecule has 98 valence electrons. The Morgan fingerprint density at radius 1 is 1.39 bits per heavy atom. The minimum absolute atomic E-state index is 0.0948. The molecule has 1 rings (SSSR count). The van der Waals surface area contributed by atoms with Gasteiger partial charge in [-0.3, -0.25) is 4.79 Å². The van der Waals surface area contributed by atoms with Gasteiger partial charge in [0, 0.05) is 0 Å². The minimum atomic E-state index is -1.07. The molecule has 1 aromatic rings. The zero-order valence-corrected chi connectivity index (χ0v) is 10.4. The molecule has 1 unspecified atom stereocenters. The molecule has 3 N–H and O–H groups in total. The molecule has 0 spiro atoms. The van der Waals surface area contributed by atoms with Crippen molar-refractivity contribution in [3.63, 3.8) is 0 Å². The lowest BCUT2D eigenvalue weighted by molar-refractivity contribution is -0.139. The van der Waals surface area contributed by atoms with Crippen LogP contribution in [0.15, 0.2) is 18.2 Å². The Hall–Kier alpha value is -2.04. The maximum absolute atomic E-state index is 11.9. The summed E-state index contributed by atoms with van der Waals surface area (Å²) in [5.41, 5.74) is 0.915. The fourth-order valence-corrected chi connectivity index (χ4v) is 1.61. The van der Waals surface area contributed by atoms with Crippen LogP contribution in [0.2, 0.25) is 0 Å². The van der Waals surface area contributed by atoms with Crippen LogP contribution in [0.5, 0.6) is 5.75 Å². The predicted octanol–water partition coefficient (Wildman–Crippen LogP) is 1.68. The topological polar surface area (TPSA) is 86.6 Å². The molecule has 1 atom stereocenters. The molecule has 0 aliphatic rings. The van der Waals surface area contributed by atoms with E-state index in [0.717, 1.165) is 5.56 Å². The van der Waals surface area contributed by atoms with Crippen LogP contribution in [0.1, 0.15) is 35.7 Å². The van der Waals surface area contributed by atoms with Gasteiger partial charge in [-0.2, -0.15) is 0 Å². The monoisotopic (exact) mass is 251 g/mol. The van der Waals surface area contributed by atoms with Crippen molar-refractivity contribution in [2.24, 2.45) is 0 Å². The van der Waals surface area contributed by atoms with Gasteiger partial charge in [-0.05, 0) is 25.5 Å². The van der Waals surface area contributed by atoms with Gasteiger partial charge in [-0.25, -0.2) is 4.79 Å². The third-order valence-electron chi connectivity index (χ3n) is 2.58. The molecule has 1 amide bonds. The molecule has 0 heterocycles. The van der Waals surface area contributed by atoms with Crippen LogP contribution in [-0.4, -0.2) is 28.1 Å². The first-order chi connectivity index (χ1) is 8.45. The minimum Gasteiger partial charge on any atom is -0.507 e. The van der Waals surface area contributed by atoms with Crippen molar-refractivity contribution in [1.29, 1.82) is 0 Å². The van der Waals surface area contributed by atoms with E-state index < -0.39 is 17.9 Å². The summed E-state index contributed by atoms with van der Waals surface area (Å²) in [7, 11) is 0. The van der Waals surface area contributed by atoms with Crippen LogP contribution in [0, 0.1) is 6.92 Å². The normalized spacial score (nSPS) is 11.9. The largest absolute Gasteiger partial charge is 0.507 e. The van der Waals surface area contributed by atoms with Gasteiger partial charge in [0.2, 0.25) is 0 Å². The molecule has 0 fully saturated rings. The molecular weight excluding hydrogens is 234 g/mol. The van der Waals surface area contributed by atoms with E-state index in [1.807, 2.05) is 6.92 Å². The maximum atomic E-state index is 11.9. The second-order valence-corrected chi connectivity index (χ2v) is 4.17. The fourth-order valence-electron chi connectivity index (χ4n) is 1.61. The molecular formula is C13H17NO4. The van der Waals surface area contributed by atoms with Gasteiger partial charge in [0.25, 0.3) is 5.91 Å². The molecule has 0 radical (unpaired) electrons.